The fourth-order valence-corrected chi connectivity index (χ4v) is 6.49. The monoisotopic (exact) mass is 823 g/mol. The second-order valence-electron chi connectivity index (χ2n) is 16.0. The molecule has 0 heterocycles. The molecule has 0 spiro atoms. The minimum atomic E-state index is -0.799. The van der Waals surface area contributed by atoms with Crippen molar-refractivity contribution in [3.63, 3.8) is 0 Å². The van der Waals surface area contributed by atoms with Crippen molar-refractivity contribution in [3.05, 3.63) is 72.9 Å². The van der Waals surface area contributed by atoms with Crippen LogP contribution in [0.15, 0.2) is 72.9 Å². The number of esters is 3. The summed E-state index contributed by atoms with van der Waals surface area (Å²) in [5.41, 5.74) is 0. The van der Waals surface area contributed by atoms with Crippen LogP contribution in [0.25, 0.3) is 0 Å². The van der Waals surface area contributed by atoms with Crippen molar-refractivity contribution in [1.82, 2.24) is 0 Å². The van der Waals surface area contributed by atoms with E-state index < -0.39 is 6.10 Å². The number of ether oxygens (including phenoxy) is 3. The van der Waals surface area contributed by atoms with Gasteiger partial charge in [0.1, 0.15) is 13.2 Å². The molecule has 59 heavy (non-hydrogen) atoms. The highest BCUT2D eigenvalue weighted by atomic mass is 16.6. The molecule has 1 atom stereocenters. The molecule has 0 saturated carbocycles. The van der Waals surface area contributed by atoms with Gasteiger partial charge in [-0.15, -0.1) is 0 Å². The normalized spacial score (nSPS) is 12.7. The van der Waals surface area contributed by atoms with Crippen LogP contribution in [-0.4, -0.2) is 37.2 Å². The summed E-state index contributed by atoms with van der Waals surface area (Å²) in [6.07, 6.45) is 58.9. The first-order chi connectivity index (χ1) is 29.0. The van der Waals surface area contributed by atoms with E-state index in [1.807, 2.05) is 0 Å². The maximum Gasteiger partial charge on any atom is 0.306 e. The fourth-order valence-electron chi connectivity index (χ4n) is 6.49. The molecule has 0 aromatic carbocycles. The first kappa shape index (κ1) is 55.9. The summed E-state index contributed by atoms with van der Waals surface area (Å²) < 4.78 is 16.7. The van der Waals surface area contributed by atoms with E-state index in [0.29, 0.717) is 19.3 Å². The number of hydrogen-bond acceptors (Lipinski definition) is 6. The average molecular weight is 823 g/mol. The van der Waals surface area contributed by atoms with Gasteiger partial charge in [-0.1, -0.05) is 184 Å². The van der Waals surface area contributed by atoms with Crippen LogP contribution < -0.4 is 0 Å². The van der Waals surface area contributed by atoms with Crippen LogP contribution >= 0.6 is 0 Å². The van der Waals surface area contributed by atoms with Gasteiger partial charge in [-0.05, 0) is 96.3 Å². The van der Waals surface area contributed by atoms with Crippen molar-refractivity contribution < 1.29 is 28.6 Å². The first-order valence-corrected chi connectivity index (χ1v) is 24.5. The molecule has 0 N–H and O–H groups in total. The summed E-state index contributed by atoms with van der Waals surface area (Å²) in [7, 11) is 0. The molecule has 6 heteroatoms. The third-order valence-corrected chi connectivity index (χ3v) is 10.2. The summed E-state index contributed by atoms with van der Waals surface area (Å²) in [4.78, 5) is 37.8. The molecule has 0 aliphatic rings. The third-order valence-electron chi connectivity index (χ3n) is 10.2. The number of unbranched alkanes of at least 4 members (excludes halogenated alkanes) is 21. The maximum atomic E-state index is 12.7. The molecule has 6 nitrogen and oxygen atoms in total. The number of carbonyl (C=O) groups is 3. The average Bonchev–Trinajstić information content (AvgIpc) is 3.23. The molecule has 0 radical (unpaired) electrons. The molecule has 338 valence electrons. The lowest BCUT2D eigenvalue weighted by Crippen LogP contribution is -2.30. The van der Waals surface area contributed by atoms with Gasteiger partial charge < -0.3 is 14.2 Å². The SMILES string of the molecule is CC/C=C\C/C=C\C/C=C\CCCCCCC(=O)OC(COC(=O)CCCCC/C=C\C=C/CCCC)COC(=O)CCCCCCC/C=C\CCCCCCCCC. The van der Waals surface area contributed by atoms with E-state index in [-0.39, 0.29) is 31.1 Å². The molecular formula is C53H90O6. The Bertz CT molecular complexity index is 1130. The maximum absolute atomic E-state index is 12.7. The van der Waals surface area contributed by atoms with Crippen LogP contribution in [0.5, 0.6) is 0 Å². The quantitative estimate of drug-likeness (QED) is 0.0200. The van der Waals surface area contributed by atoms with E-state index in [0.717, 1.165) is 109 Å². The Balaban J connectivity index is 4.44. The van der Waals surface area contributed by atoms with E-state index in [2.05, 4.69) is 93.7 Å². The molecule has 0 rings (SSSR count). The largest absolute Gasteiger partial charge is 0.462 e. The first-order valence-electron chi connectivity index (χ1n) is 24.5. The van der Waals surface area contributed by atoms with Crippen LogP contribution in [0.2, 0.25) is 0 Å². The zero-order valence-corrected chi connectivity index (χ0v) is 38.5. The predicted octanol–water partition coefficient (Wildman–Crippen LogP) is 15.9. The van der Waals surface area contributed by atoms with Crippen LogP contribution in [0, 0.1) is 0 Å². The smallest absolute Gasteiger partial charge is 0.306 e. The van der Waals surface area contributed by atoms with Crippen LogP contribution in [0.4, 0.5) is 0 Å². The van der Waals surface area contributed by atoms with Crippen molar-refractivity contribution in [2.75, 3.05) is 13.2 Å². The van der Waals surface area contributed by atoms with Crippen LogP contribution in [-0.2, 0) is 28.6 Å². The van der Waals surface area contributed by atoms with E-state index in [1.165, 1.54) is 77.0 Å². The van der Waals surface area contributed by atoms with Gasteiger partial charge in [0, 0.05) is 19.3 Å². The molecule has 0 fully saturated rings. The van der Waals surface area contributed by atoms with Gasteiger partial charge in [-0.25, -0.2) is 0 Å². The van der Waals surface area contributed by atoms with Gasteiger partial charge in [0.2, 0.25) is 0 Å². The minimum absolute atomic E-state index is 0.0980. The van der Waals surface area contributed by atoms with E-state index in [9.17, 15) is 14.4 Å². The highest BCUT2D eigenvalue weighted by Gasteiger charge is 2.19. The summed E-state index contributed by atoms with van der Waals surface area (Å²) in [5, 5.41) is 0. The molecule has 0 aliphatic carbocycles. The van der Waals surface area contributed by atoms with Gasteiger partial charge >= 0.3 is 17.9 Å². The van der Waals surface area contributed by atoms with Crippen molar-refractivity contribution >= 4 is 17.9 Å². The summed E-state index contributed by atoms with van der Waals surface area (Å²) in [5.74, 6) is -0.960. The number of carbonyl (C=O) groups excluding carboxylic acids is 3. The van der Waals surface area contributed by atoms with E-state index in [4.69, 9.17) is 14.2 Å². The molecule has 0 saturated heterocycles. The Morgan fingerprint density at radius 1 is 0.373 bits per heavy atom. The van der Waals surface area contributed by atoms with Crippen LogP contribution in [0.3, 0.4) is 0 Å². The lowest BCUT2D eigenvalue weighted by Gasteiger charge is -2.18. The Morgan fingerprint density at radius 2 is 0.729 bits per heavy atom. The van der Waals surface area contributed by atoms with Crippen molar-refractivity contribution in [2.45, 2.75) is 232 Å². The standard InChI is InChI=1S/C53H90O6/c1-4-7-10-13-16-19-22-24-26-27-29-31-34-37-40-43-46-52(55)58-49-50(48-57-51(54)45-42-39-36-33-30-21-18-15-12-9-6-3)59-53(56)47-44-41-38-35-32-28-25-23-20-17-14-11-8-5-2/h8,11,15,17-18,20-21,25-28,30,50H,4-7,9-10,12-14,16,19,22-24,29,31-49H2,1-3H3/b11-8-,18-15-,20-17-,27-26-,28-25-,30-21-. The lowest BCUT2D eigenvalue weighted by atomic mass is 10.1. The summed E-state index contributed by atoms with van der Waals surface area (Å²) in [6, 6.07) is 0. The van der Waals surface area contributed by atoms with Gasteiger partial charge in [-0.3, -0.25) is 14.4 Å². The second kappa shape index (κ2) is 47.5. The zero-order valence-electron chi connectivity index (χ0n) is 38.5. The third kappa shape index (κ3) is 45.8. The Kier molecular flexibility index (Phi) is 45.0. The zero-order chi connectivity index (χ0) is 43.0. The van der Waals surface area contributed by atoms with Gasteiger partial charge in [0.15, 0.2) is 6.10 Å². The topological polar surface area (TPSA) is 78.9 Å². The van der Waals surface area contributed by atoms with Gasteiger partial charge in [-0.2, -0.15) is 0 Å². The highest BCUT2D eigenvalue weighted by molar-refractivity contribution is 5.71. The van der Waals surface area contributed by atoms with E-state index in [1.54, 1.807) is 0 Å². The summed E-state index contributed by atoms with van der Waals surface area (Å²) in [6.45, 7) is 6.41. The molecular weight excluding hydrogens is 733 g/mol. The fraction of sp³-hybridized carbons (Fsp3) is 0.717. The van der Waals surface area contributed by atoms with Gasteiger partial charge in [0.25, 0.3) is 0 Å². The van der Waals surface area contributed by atoms with Crippen molar-refractivity contribution in [2.24, 2.45) is 0 Å². The second-order valence-corrected chi connectivity index (χ2v) is 16.0. The Morgan fingerprint density at radius 3 is 1.22 bits per heavy atom. The Labute approximate surface area is 363 Å². The summed E-state index contributed by atoms with van der Waals surface area (Å²) >= 11 is 0. The predicted molar refractivity (Wildman–Crippen MR) is 251 cm³/mol. The number of hydrogen-bond donors (Lipinski definition) is 0. The van der Waals surface area contributed by atoms with Crippen LogP contribution in [0.1, 0.15) is 226 Å². The van der Waals surface area contributed by atoms with Crippen molar-refractivity contribution in [1.29, 1.82) is 0 Å². The van der Waals surface area contributed by atoms with Crippen molar-refractivity contribution in [3.8, 4) is 0 Å². The molecule has 0 aromatic rings. The molecule has 0 aromatic heterocycles. The molecule has 0 aliphatic heterocycles. The number of allylic oxidation sites excluding steroid dienone is 12. The molecule has 0 bridgehead atoms. The lowest BCUT2D eigenvalue weighted by molar-refractivity contribution is -0.167. The minimum Gasteiger partial charge on any atom is -0.462 e. The highest BCUT2D eigenvalue weighted by Crippen LogP contribution is 2.13. The molecule has 0 amide bonds. The Hall–Kier alpha value is -3.15. The number of rotatable bonds is 43. The molecule has 1 unspecified atom stereocenters. The van der Waals surface area contributed by atoms with E-state index >= 15 is 0 Å². The van der Waals surface area contributed by atoms with Gasteiger partial charge in [0.05, 0.1) is 0 Å².